The van der Waals surface area contributed by atoms with Crippen LogP contribution in [0.5, 0.6) is 0 Å². The van der Waals surface area contributed by atoms with E-state index in [1.54, 1.807) is 0 Å². The van der Waals surface area contributed by atoms with Crippen LogP contribution in [0.15, 0.2) is 12.1 Å². The molecule has 1 unspecified atom stereocenters. The maximum absolute atomic E-state index is 5.52. The average Bonchev–Trinajstić information content (AvgIpc) is 2.34. The fourth-order valence-corrected chi connectivity index (χ4v) is 1.78. The van der Waals surface area contributed by atoms with Crippen molar-refractivity contribution in [3.05, 3.63) is 21.9 Å². The van der Waals surface area contributed by atoms with Crippen LogP contribution in [0, 0.1) is 6.92 Å². The summed E-state index contributed by atoms with van der Waals surface area (Å²) in [6, 6.07) is 4.31. The van der Waals surface area contributed by atoms with Crippen molar-refractivity contribution in [3.63, 3.8) is 0 Å². The predicted octanol–water partition coefficient (Wildman–Crippen LogP) is 2.12. The lowest BCUT2D eigenvalue weighted by Crippen LogP contribution is -2.06. The molecule has 0 aliphatic rings. The highest BCUT2D eigenvalue weighted by molar-refractivity contribution is 7.12. The van der Waals surface area contributed by atoms with Gasteiger partial charge in [-0.1, -0.05) is 6.92 Å². The smallest absolute Gasteiger partial charge is 0.00888 e. The van der Waals surface area contributed by atoms with Gasteiger partial charge in [0.15, 0.2) is 0 Å². The third-order valence-corrected chi connectivity index (χ3v) is 2.83. The quantitative estimate of drug-likeness (QED) is 0.695. The van der Waals surface area contributed by atoms with Crippen molar-refractivity contribution < 1.29 is 0 Å². The van der Waals surface area contributed by atoms with E-state index in [1.807, 2.05) is 11.3 Å². The molecule has 10 heavy (non-hydrogen) atoms. The highest BCUT2D eigenvalue weighted by Gasteiger charge is 2.03. The molecule has 0 bridgehead atoms. The van der Waals surface area contributed by atoms with Crippen molar-refractivity contribution in [1.82, 2.24) is 0 Å². The van der Waals surface area contributed by atoms with Crippen LogP contribution < -0.4 is 5.73 Å². The molecule has 0 fully saturated rings. The summed E-state index contributed by atoms with van der Waals surface area (Å²) < 4.78 is 0. The second-order valence-corrected chi connectivity index (χ2v) is 3.90. The highest BCUT2D eigenvalue weighted by atomic mass is 32.1. The number of nitrogens with two attached hydrogens (primary N) is 1. The fourth-order valence-electron chi connectivity index (χ4n) is 0.834. The van der Waals surface area contributed by atoms with E-state index in [4.69, 9.17) is 5.73 Å². The first-order valence-electron chi connectivity index (χ1n) is 3.50. The first kappa shape index (κ1) is 7.76. The molecule has 0 aromatic carbocycles. The number of hydrogen-bond acceptors (Lipinski definition) is 2. The van der Waals surface area contributed by atoms with Crippen molar-refractivity contribution in [3.8, 4) is 0 Å². The minimum Gasteiger partial charge on any atom is -0.330 e. The molecule has 0 amide bonds. The van der Waals surface area contributed by atoms with E-state index in [0.717, 1.165) is 6.54 Å². The Hall–Kier alpha value is -0.340. The Morgan fingerprint density at radius 3 is 2.70 bits per heavy atom. The van der Waals surface area contributed by atoms with Gasteiger partial charge >= 0.3 is 0 Å². The Kier molecular flexibility index (Phi) is 2.46. The molecule has 0 saturated carbocycles. The Balaban J connectivity index is 2.74. The van der Waals surface area contributed by atoms with E-state index < -0.39 is 0 Å². The molecular weight excluding hydrogens is 142 g/mol. The zero-order chi connectivity index (χ0) is 7.56. The Morgan fingerprint density at radius 2 is 2.30 bits per heavy atom. The summed E-state index contributed by atoms with van der Waals surface area (Å²) in [7, 11) is 0. The van der Waals surface area contributed by atoms with Crippen LogP contribution in [0.25, 0.3) is 0 Å². The molecular formula is C8H13NS. The molecule has 0 spiro atoms. The Morgan fingerprint density at radius 1 is 1.60 bits per heavy atom. The summed E-state index contributed by atoms with van der Waals surface area (Å²) in [6.07, 6.45) is 0. The van der Waals surface area contributed by atoms with Crippen LogP contribution >= 0.6 is 11.3 Å². The molecule has 56 valence electrons. The summed E-state index contributed by atoms with van der Waals surface area (Å²) in [5.74, 6) is 0.527. The normalized spacial score (nSPS) is 13.5. The van der Waals surface area contributed by atoms with E-state index in [-0.39, 0.29) is 0 Å². The topological polar surface area (TPSA) is 26.0 Å². The van der Waals surface area contributed by atoms with Crippen molar-refractivity contribution in [2.24, 2.45) is 5.73 Å². The SMILES string of the molecule is Cc1ccc(C(C)CN)s1. The van der Waals surface area contributed by atoms with E-state index >= 15 is 0 Å². The molecule has 1 atom stereocenters. The van der Waals surface area contributed by atoms with Gasteiger partial charge in [0, 0.05) is 15.7 Å². The van der Waals surface area contributed by atoms with Gasteiger partial charge in [0.2, 0.25) is 0 Å². The molecule has 1 nitrogen and oxygen atoms in total. The molecule has 0 saturated heterocycles. The second kappa shape index (κ2) is 3.17. The van der Waals surface area contributed by atoms with Crippen molar-refractivity contribution in [1.29, 1.82) is 0 Å². The summed E-state index contributed by atoms with van der Waals surface area (Å²) in [6.45, 7) is 5.03. The second-order valence-electron chi connectivity index (χ2n) is 2.59. The van der Waals surface area contributed by atoms with E-state index in [1.165, 1.54) is 9.75 Å². The van der Waals surface area contributed by atoms with Gasteiger partial charge in [-0.05, 0) is 25.6 Å². The zero-order valence-corrected chi connectivity index (χ0v) is 7.24. The summed E-state index contributed by atoms with van der Waals surface area (Å²) >= 11 is 1.84. The first-order chi connectivity index (χ1) is 4.74. The minimum atomic E-state index is 0.527. The molecule has 1 aromatic rings. The molecule has 0 aliphatic carbocycles. The number of thiophene rings is 1. The Labute approximate surface area is 65.9 Å². The molecule has 1 heterocycles. The largest absolute Gasteiger partial charge is 0.330 e. The van der Waals surface area contributed by atoms with Gasteiger partial charge in [0.05, 0.1) is 0 Å². The molecule has 1 rings (SSSR count). The maximum atomic E-state index is 5.52. The number of aryl methyl sites for hydroxylation is 1. The standard InChI is InChI=1S/C8H13NS/c1-6(5-9)8-4-3-7(2)10-8/h3-4,6H,5,9H2,1-2H3. The van der Waals surface area contributed by atoms with Crippen LogP contribution in [-0.2, 0) is 0 Å². The molecule has 1 aromatic heterocycles. The molecule has 0 aliphatic heterocycles. The lowest BCUT2D eigenvalue weighted by Gasteiger charge is -2.02. The summed E-state index contributed by atoms with van der Waals surface area (Å²) in [5.41, 5.74) is 5.52. The van der Waals surface area contributed by atoms with Gasteiger partial charge in [-0.3, -0.25) is 0 Å². The van der Waals surface area contributed by atoms with E-state index in [9.17, 15) is 0 Å². The highest BCUT2D eigenvalue weighted by Crippen LogP contribution is 2.22. The van der Waals surface area contributed by atoms with Crippen molar-refractivity contribution in [2.45, 2.75) is 19.8 Å². The van der Waals surface area contributed by atoms with E-state index in [2.05, 4.69) is 26.0 Å². The third kappa shape index (κ3) is 1.58. The fraction of sp³-hybridized carbons (Fsp3) is 0.500. The summed E-state index contributed by atoms with van der Waals surface area (Å²) in [4.78, 5) is 2.77. The van der Waals surface area contributed by atoms with Crippen LogP contribution in [-0.4, -0.2) is 6.54 Å². The van der Waals surface area contributed by atoms with Gasteiger partial charge in [0.1, 0.15) is 0 Å². The zero-order valence-electron chi connectivity index (χ0n) is 6.42. The van der Waals surface area contributed by atoms with Crippen LogP contribution in [0.4, 0.5) is 0 Å². The van der Waals surface area contributed by atoms with Gasteiger partial charge in [-0.15, -0.1) is 11.3 Å². The van der Waals surface area contributed by atoms with Crippen LogP contribution in [0.2, 0.25) is 0 Å². The molecule has 2 N–H and O–H groups in total. The Bertz CT molecular complexity index is 205. The van der Waals surface area contributed by atoms with Gasteiger partial charge in [0.25, 0.3) is 0 Å². The van der Waals surface area contributed by atoms with Crippen molar-refractivity contribution >= 4 is 11.3 Å². The van der Waals surface area contributed by atoms with Crippen molar-refractivity contribution in [2.75, 3.05) is 6.54 Å². The maximum Gasteiger partial charge on any atom is 0.00888 e. The minimum absolute atomic E-state index is 0.527. The molecule has 0 radical (unpaired) electrons. The van der Waals surface area contributed by atoms with E-state index in [0.29, 0.717) is 5.92 Å². The first-order valence-corrected chi connectivity index (χ1v) is 4.32. The van der Waals surface area contributed by atoms with Gasteiger partial charge in [-0.2, -0.15) is 0 Å². The van der Waals surface area contributed by atoms with Crippen LogP contribution in [0.3, 0.4) is 0 Å². The van der Waals surface area contributed by atoms with Crippen LogP contribution in [0.1, 0.15) is 22.6 Å². The average molecular weight is 155 g/mol. The lowest BCUT2D eigenvalue weighted by atomic mass is 10.1. The number of hydrogen-bond donors (Lipinski definition) is 1. The monoisotopic (exact) mass is 155 g/mol. The predicted molar refractivity (Wildman–Crippen MR) is 46.5 cm³/mol. The lowest BCUT2D eigenvalue weighted by molar-refractivity contribution is 0.790. The van der Waals surface area contributed by atoms with Gasteiger partial charge in [-0.25, -0.2) is 0 Å². The number of rotatable bonds is 2. The van der Waals surface area contributed by atoms with Gasteiger partial charge < -0.3 is 5.73 Å². The third-order valence-electron chi connectivity index (χ3n) is 1.60. The molecule has 2 heteroatoms. The summed E-state index contributed by atoms with van der Waals surface area (Å²) in [5, 5.41) is 0.